The van der Waals surface area contributed by atoms with Crippen molar-refractivity contribution >= 4 is 5.78 Å². The Hall–Kier alpha value is -0.590. The van der Waals surface area contributed by atoms with Gasteiger partial charge in [-0.3, -0.25) is 4.79 Å². The van der Waals surface area contributed by atoms with Crippen molar-refractivity contribution in [2.75, 3.05) is 0 Å². The van der Waals surface area contributed by atoms with Crippen LogP contribution in [0.15, 0.2) is 12.2 Å². The van der Waals surface area contributed by atoms with Crippen LogP contribution in [0, 0.1) is 17.8 Å². The molecule has 0 aromatic heterocycles. The van der Waals surface area contributed by atoms with Crippen LogP contribution in [0.2, 0.25) is 0 Å². The van der Waals surface area contributed by atoms with E-state index in [9.17, 15) is 4.79 Å². The standard InChI is InChI=1S/C12H18O/c1-3-8(2)4-12(13)11-6-9-5-10(9)7-11/h9-11H,2-7H2,1H3. The summed E-state index contributed by atoms with van der Waals surface area (Å²) < 4.78 is 0. The average Bonchev–Trinajstić information content (AvgIpc) is 2.73. The highest BCUT2D eigenvalue weighted by molar-refractivity contribution is 5.83. The number of ketones is 1. The number of hydrogen-bond donors (Lipinski definition) is 0. The summed E-state index contributed by atoms with van der Waals surface area (Å²) in [7, 11) is 0. The molecule has 13 heavy (non-hydrogen) atoms. The average molecular weight is 178 g/mol. The molecule has 0 spiro atoms. The molecule has 0 N–H and O–H groups in total. The van der Waals surface area contributed by atoms with Gasteiger partial charge >= 0.3 is 0 Å². The number of Topliss-reactive ketones (excluding diaryl/α,β-unsaturated/α-hetero) is 1. The first kappa shape index (κ1) is 8.98. The predicted molar refractivity (Wildman–Crippen MR) is 53.4 cm³/mol. The Bertz CT molecular complexity index is 232. The van der Waals surface area contributed by atoms with Gasteiger partial charge < -0.3 is 0 Å². The zero-order valence-electron chi connectivity index (χ0n) is 8.38. The molecule has 0 saturated heterocycles. The van der Waals surface area contributed by atoms with E-state index in [1.807, 2.05) is 0 Å². The maximum atomic E-state index is 11.7. The van der Waals surface area contributed by atoms with Crippen molar-refractivity contribution in [3.05, 3.63) is 12.2 Å². The molecule has 2 unspecified atom stereocenters. The third-order valence-electron chi connectivity index (χ3n) is 3.62. The molecule has 0 aromatic rings. The van der Waals surface area contributed by atoms with Gasteiger partial charge in [0.15, 0.2) is 0 Å². The summed E-state index contributed by atoms with van der Waals surface area (Å²) in [5.74, 6) is 2.69. The van der Waals surface area contributed by atoms with Crippen LogP contribution < -0.4 is 0 Å². The van der Waals surface area contributed by atoms with Gasteiger partial charge in [0.05, 0.1) is 0 Å². The molecule has 2 aliphatic carbocycles. The van der Waals surface area contributed by atoms with E-state index in [-0.39, 0.29) is 0 Å². The molecule has 1 nitrogen and oxygen atoms in total. The maximum absolute atomic E-state index is 11.7. The van der Waals surface area contributed by atoms with E-state index < -0.39 is 0 Å². The minimum absolute atomic E-state index is 0.395. The van der Waals surface area contributed by atoms with E-state index in [1.54, 1.807) is 0 Å². The van der Waals surface area contributed by atoms with E-state index in [1.165, 1.54) is 19.3 Å². The summed E-state index contributed by atoms with van der Waals surface area (Å²) in [6, 6.07) is 0. The molecular weight excluding hydrogens is 160 g/mol. The molecule has 0 aliphatic heterocycles. The van der Waals surface area contributed by atoms with Gasteiger partial charge in [-0.05, 0) is 37.5 Å². The van der Waals surface area contributed by atoms with Gasteiger partial charge in [0, 0.05) is 12.3 Å². The van der Waals surface area contributed by atoms with E-state index in [4.69, 9.17) is 0 Å². The van der Waals surface area contributed by atoms with E-state index >= 15 is 0 Å². The second-order valence-electron chi connectivity index (χ2n) is 4.67. The number of carbonyl (C=O) groups is 1. The Morgan fingerprint density at radius 3 is 2.46 bits per heavy atom. The van der Waals surface area contributed by atoms with Gasteiger partial charge in [-0.1, -0.05) is 19.1 Å². The molecule has 72 valence electrons. The molecule has 0 bridgehead atoms. The number of rotatable bonds is 4. The number of hydrogen-bond acceptors (Lipinski definition) is 1. The zero-order valence-corrected chi connectivity index (χ0v) is 8.38. The fourth-order valence-electron chi connectivity index (χ4n) is 2.49. The van der Waals surface area contributed by atoms with E-state index in [2.05, 4.69) is 13.5 Å². The Morgan fingerprint density at radius 1 is 1.31 bits per heavy atom. The number of carbonyl (C=O) groups excluding carboxylic acids is 1. The molecule has 2 rings (SSSR count). The SMILES string of the molecule is C=C(CC)CC(=O)C1CC2CC2C1. The summed E-state index contributed by atoms with van der Waals surface area (Å²) in [5.41, 5.74) is 1.10. The van der Waals surface area contributed by atoms with Crippen LogP contribution in [-0.4, -0.2) is 5.78 Å². The smallest absolute Gasteiger partial charge is 0.140 e. The van der Waals surface area contributed by atoms with Gasteiger partial charge in [-0.25, -0.2) is 0 Å². The normalized spacial score (nSPS) is 35.6. The van der Waals surface area contributed by atoms with Crippen LogP contribution in [-0.2, 0) is 4.79 Å². The lowest BCUT2D eigenvalue weighted by molar-refractivity contribution is -0.122. The van der Waals surface area contributed by atoms with Crippen molar-refractivity contribution in [1.82, 2.24) is 0 Å². The van der Waals surface area contributed by atoms with E-state index in [0.717, 1.165) is 23.8 Å². The second-order valence-corrected chi connectivity index (χ2v) is 4.67. The van der Waals surface area contributed by atoms with Crippen molar-refractivity contribution in [3.8, 4) is 0 Å². The van der Waals surface area contributed by atoms with Crippen LogP contribution in [0.4, 0.5) is 0 Å². The molecule has 2 aliphatic rings. The predicted octanol–water partition coefficient (Wildman–Crippen LogP) is 2.96. The largest absolute Gasteiger partial charge is 0.299 e. The molecule has 0 amide bonds. The van der Waals surface area contributed by atoms with Gasteiger partial charge in [0.25, 0.3) is 0 Å². The summed E-state index contributed by atoms with van der Waals surface area (Å²) in [6.07, 6.45) is 5.35. The lowest BCUT2D eigenvalue weighted by atomic mass is 9.93. The summed E-state index contributed by atoms with van der Waals surface area (Å²) in [6.45, 7) is 5.97. The molecule has 2 fully saturated rings. The molecule has 2 saturated carbocycles. The van der Waals surface area contributed by atoms with Gasteiger partial charge in [0.1, 0.15) is 5.78 Å². The van der Waals surface area contributed by atoms with Gasteiger partial charge in [-0.2, -0.15) is 0 Å². The lowest BCUT2D eigenvalue weighted by Crippen LogP contribution is -2.12. The van der Waals surface area contributed by atoms with Crippen molar-refractivity contribution < 1.29 is 4.79 Å². The second kappa shape index (κ2) is 3.28. The van der Waals surface area contributed by atoms with Crippen LogP contribution >= 0.6 is 0 Å². The van der Waals surface area contributed by atoms with Crippen LogP contribution in [0.3, 0.4) is 0 Å². The molecule has 0 heterocycles. The minimum Gasteiger partial charge on any atom is -0.299 e. The molecule has 0 radical (unpaired) electrons. The first-order chi connectivity index (χ1) is 6.20. The minimum atomic E-state index is 0.395. The summed E-state index contributed by atoms with van der Waals surface area (Å²) >= 11 is 0. The Labute approximate surface area is 80.2 Å². The monoisotopic (exact) mass is 178 g/mol. The Kier molecular flexibility index (Phi) is 2.27. The molecule has 1 heteroatoms. The van der Waals surface area contributed by atoms with Gasteiger partial charge in [0.2, 0.25) is 0 Å². The Balaban J connectivity index is 1.80. The van der Waals surface area contributed by atoms with Crippen molar-refractivity contribution in [1.29, 1.82) is 0 Å². The quantitative estimate of drug-likeness (QED) is 0.605. The number of allylic oxidation sites excluding steroid dienone is 1. The summed E-state index contributed by atoms with van der Waals surface area (Å²) in [4.78, 5) is 11.7. The highest BCUT2D eigenvalue weighted by Crippen LogP contribution is 2.54. The topological polar surface area (TPSA) is 17.1 Å². The van der Waals surface area contributed by atoms with Crippen LogP contribution in [0.5, 0.6) is 0 Å². The fourth-order valence-corrected chi connectivity index (χ4v) is 2.49. The highest BCUT2D eigenvalue weighted by Gasteiger charge is 2.47. The fraction of sp³-hybridized carbons (Fsp3) is 0.750. The first-order valence-electron chi connectivity index (χ1n) is 5.40. The van der Waals surface area contributed by atoms with Gasteiger partial charge in [-0.15, -0.1) is 0 Å². The van der Waals surface area contributed by atoms with Crippen LogP contribution in [0.1, 0.15) is 39.0 Å². The zero-order chi connectivity index (χ0) is 9.42. The third kappa shape index (κ3) is 1.84. The highest BCUT2D eigenvalue weighted by atomic mass is 16.1. The van der Waals surface area contributed by atoms with E-state index in [0.29, 0.717) is 18.1 Å². The molecule has 0 aromatic carbocycles. The molecule has 2 atom stereocenters. The van der Waals surface area contributed by atoms with Crippen LogP contribution in [0.25, 0.3) is 0 Å². The summed E-state index contributed by atoms with van der Waals surface area (Å²) in [5, 5.41) is 0. The lowest BCUT2D eigenvalue weighted by Gasteiger charge is -2.10. The van der Waals surface area contributed by atoms with Crippen molar-refractivity contribution in [3.63, 3.8) is 0 Å². The maximum Gasteiger partial charge on any atom is 0.140 e. The number of fused-ring (bicyclic) bond motifs is 1. The molecular formula is C12H18O. The van der Waals surface area contributed by atoms with Crippen molar-refractivity contribution in [2.45, 2.75) is 39.0 Å². The Morgan fingerprint density at radius 2 is 1.92 bits per heavy atom. The first-order valence-corrected chi connectivity index (χ1v) is 5.40. The van der Waals surface area contributed by atoms with Crippen molar-refractivity contribution in [2.24, 2.45) is 17.8 Å². The third-order valence-corrected chi connectivity index (χ3v) is 3.62.